The molecule has 1 saturated heterocycles. The Morgan fingerprint density at radius 3 is 2.86 bits per heavy atom. The van der Waals surface area contributed by atoms with Gasteiger partial charge in [0.15, 0.2) is 0 Å². The molecule has 0 bridgehead atoms. The standard InChI is InChI=1S/C25H31ClN6O5/c1-15-13-32(25(36)31-23(15)34)22-12-20(21(14-33)37-22)30-24(35)29-9-4-2-3-8-27-18-7-10-28-19-11-16(26)5-6-17(18)19/h5-7,10-11,13,20-22,33H,2-4,8-9,12,14H2,1H3,(H,27,28)(H2,29,30,35)(H,31,34,36)/t20-,21+,22+/m0/s1. The number of aliphatic hydroxyl groups is 1. The number of carbonyl (C=O) groups is 1. The van der Waals surface area contributed by atoms with Gasteiger partial charge in [0.25, 0.3) is 5.56 Å². The smallest absolute Gasteiger partial charge is 0.330 e. The number of carbonyl (C=O) groups excluding carboxylic acids is 1. The number of fused-ring (bicyclic) bond motifs is 1. The van der Waals surface area contributed by atoms with E-state index in [1.807, 2.05) is 24.3 Å². The topological polar surface area (TPSA) is 150 Å². The number of hydrogen-bond donors (Lipinski definition) is 5. The molecule has 4 rings (SSSR count). The van der Waals surface area contributed by atoms with Crippen molar-refractivity contribution >= 4 is 34.2 Å². The number of urea groups is 1. The van der Waals surface area contributed by atoms with Crippen LogP contribution in [0.15, 0.2) is 46.2 Å². The lowest BCUT2D eigenvalue weighted by molar-refractivity contribution is -0.0285. The van der Waals surface area contributed by atoms with Gasteiger partial charge in [0.05, 0.1) is 18.2 Å². The molecule has 3 atom stereocenters. The molecule has 0 aliphatic carbocycles. The van der Waals surface area contributed by atoms with E-state index in [4.69, 9.17) is 16.3 Å². The third-order valence-corrected chi connectivity index (χ3v) is 6.58. The number of hydrogen-bond acceptors (Lipinski definition) is 7. The maximum absolute atomic E-state index is 12.4. The van der Waals surface area contributed by atoms with Crippen molar-refractivity contribution in [1.29, 1.82) is 0 Å². The molecule has 1 aliphatic rings. The molecule has 3 aromatic rings. The van der Waals surface area contributed by atoms with Gasteiger partial charge in [-0.15, -0.1) is 0 Å². The maximum atomic E-state index is 12.4. The van der Waals surface area contributed by atoms with Gasteiger partial charge in [-0.1, -0.05) is 11.6 Å². The molecular formula is C25H31ClN6O5. The monoisotopic (exact) mass is 530 g/mol. The number of ether oxygens (including phenoxy) is 1. The molecule has 0 saturated carbocycles. The normalized spacial score (nSPS) is 19.2. The summed E-state index contributed by atoms with van der Waals surface area (Å²) in [7, 11) is 0. The Hall–Kier alpha value is -3.41. The lowest BCUT2D eigenvalue weighted by atomic mass is 10.1. The van der Waals surface area contributed by atoms with Crippen LogP contribution in [0.25, 0.3) is 10.9 Å². The quantitative estimate of drug-likeness (QED) is 0.252. The van der Waals surface area contributed by atoms with Gasteiger partial charge in [-0.25, -0.2) is 9.59 Å². The Morgan fingerprint density at radius 1 is 1.24 bits per heavy atom. The second kappa shape index (κ2) is 12.2. The van der Waals surface area contributed by atoms with E-state index in [1.54, 1.807) is 13.1 Å². The van der Waals surface area contributed by atoms with E-state index in [1.165, 1.54) is 10.8 Å². The highest BCUT2D eigenvalue weighted by atomic mass is 35.5. The van der Waals surface area contributed by atoms with Gasteiger partial charge >= 0.3 is 11.7 Å². The van der Waals surface area contributed by atoms with Crippen LogP contribution in [0.3, 0.4) is 0 Å². The molecule has 37 heavy (non-hydrogen) atoms. The van der Waals surface area contributed by atoms with Crippen LogP contribution in [-0.2, 0) is 4.74 Å². The average Bonchev–Trinajstić information content (AvgIpc) is 3.27. The molecule has 0 radical (unpaired) electrons. The van der Waals surface area contributed by atoms with Gasteiger partial charge in [-0.2, -0.15) is 0 Å². The Labute approximate surface area is 218 Å². The first kappa shape index (κ1) is 26.6. The van der Waals surface area contributed by atoms with E-state index in [0.717, 1.165) is 42.4 Å². The van der Waals surface area contributed by atoms with Crippen LogP contribution >= 0.6 is 11.6 Å². The minimum Gasteiger partial charge on any atom is -0.394 e. The lowest BCUT2D eigenvalue weighted by Gasteiger charge is -2.17. The van der Waals surface area contributed by atoms with Crippen molar-refractivity contribution in [3.63, 3.8) is 0 Å². The summed E-state index contributed by atoms with van der Waals surface area (Å²) in [4.78, 5) is 42.7. The van der Waals surface area contributed by atoms with E-state index in [0.29, 0.717) is 17.1 Å². The summed E-state index contributed by atoms with van der Waals surface area (Å²) in [6.45, 7) is 2.56. The molecule has 2 aromatic heterocycles. The van der Waals surface area contributed by atoms with Crippen molar-refractivity contribution in [3.05, 3.63) is 68.1 Å². The van der Waals surface area contributed by atoms with E-state index in [9.17, 15) is 19.5 Å². The van der Waals surface area contributed by atoms with Gasteiger partial charge in [-0.05, 0) is 50.5 Å². The fraction of sp³-hybridized carbons (Fsp3) is 0.440. The number of aromatic amines is 1. The van der Waals surface area contributed by atoms with Crippen molar-refractivity contribution < 1.29 is 14.6 Å². The summed E-state index contributed by atoms with van der Waals surface area (Å²) in [5, 5.41) is 20.4. The third kappa shape index (κ3) is 6.68. The first-order valence-electron chi connectivity index (χ1n) is 12.3. The number of anilines is 1. The van der Waals surface area contributed by atoms with Crippen LogP contribution in [0, 0.1) is 6.92 Å². The molecule has 5 N–H and O–H groups in total. The van der Waals surface area contributed by atoms with E-state index >= 15 is 0 Å². The summed E-state index contributed by atoms with van der Waals surface area (Å²) < 4.78 is 7.03. The van der Waals surface area contributed by atoms with Crippen molar-refractivity contribution in [2.24, 2.45) is 0 Å². The molecular weight excluding hydrogens is 500 g/mol. The molecule has 11 nitrogen and oxygen atoms in total. The fourth-order valence-electron chi connectivity index (χ4n) is 4.37. The summed E-state index contributed by atoms with van der Waals surface area (Å²) in [5.74, 6) is 0. The number of aromatic nitrogens is 3. The van der Waals surface area contributed by atoms with Crippen molar-refractivity contribution in [2.75, 3.05) is 25.0 Å². The third-order valence-electron chi connectivity index (χ3n) is 6.35. The van der Waals surface area contributed by atoms with Crippen LogP contribution in [-0.4, -0.2) is 57.5 Å². The van der Waals surface area contributed by atoms with Crippen LogP contribution in [0.4, 0.5) is 10.5 Å². The lowest BCUT2D eigenvalue weighted by Crippen LogP contribution is -2.46. The summed E-state index contributed by atoms with van der Waals surface area (Å²) >= 11 is 6.04. The summed E-state index contributed by atoms with van der Waals surface area (Å²) in [6.07, 6.45) is 4.75. The number of nitrogens with one attached hydrogen (secondary N) is 4. The second-order valence-electron chi connectivity index (χ2n) is 9.04. The number of benzene rings is 1. The minimum atomic E-state index is -0.701. The number of halogens is 1. The van der Waals surface area contributed by atoms with Crippen LogP contribution < -0.4 is 27.2 Å². The van der Waals surface area contributed by atoms with Gasteiger partial charge in [0, 0.05) is 53.6 Å². The molecule has 2 amide bonds. The molecule has 12 heteroatoms. The van der Waals surface area contributed by atoms with Gasteiger partial charge < -0.3 is 25.8 Å². The first-order valence-corrected chi connectivity index (χ1v) is 12.6. The summed E-state index contributed by atoms with van der Waals surface area (Å²) in [6, 6.07) is 6.73. The van der Waals surface area contributed by atoms with Gasteiger partial charge in [0.1, 0.15) is 12.3 Å². The van der Waals surface area contributed by atoms with Crippen LogP contribution in [0.1, 0.15) is 37.5 Å². The summed E-state index contributed by atoms with van der Waals surface area (Å²) in [5.41, 5.74) is 1.16. The molecule has 0 spiro atoms. The number of aliphatic hydroxyl groups excluding tert-OH is 1. The van der Waals surface area contributed by atoms with Crippen molar-refractivity contribution in [2.45, 2.75) is 51.0 Å². The number of rotatable bonds is 10. The molecule has 1 aliphatic heterocycles. The molecule has 3 heterocycles. The zero-order valence-corrected chi connectivity index (χ0v) is 21.3. The number of aryl methyl sites for hydroxylation is 1. The van der Waals surface area contributed by atoms with Crippen LogP contribution in [0.5, 0.6) is 0 Å². The Balaban J connectivity index is 1.17. The zero-order chi connectivity index (χ0) is 26.4. The number of pyridine rings is 1. The largest absolute Gasteiger partial charge is 0.394 e. The number of amides is 2. The highest BCUT2D eigenvalue weighted by Gasteiger charge is 2.37. The van der Waals surface area contributed by atoms with Gasteiger partial charge in [-0.3, -0.25) is 19.3 Å². The maximum Gasteiger partial charge on any atom is 0.330 e. The Bertz CT molecular complexity index is 1360. The first-order chi connectivity index (χ1) is 17.9. The fourth-order valence-corrected chi connectivity index (χ4v) is 4.54. The molecule has 1 fully saturated rings. The van der Waals surface area contributed by atoms with Gasteiger partial charge in [0.2, 0.25) is 0 Å². The Kier molecular flexibility index (Phi) is 8.80. The molecule has 1 aromatic carbocycles. The van der Waals surface area contributed by atoms with Crippen LogP contribution in [0.2, 0.25) is 5.02 Å². The predicted octanol–water partition coefficient (Wildman–Crippen LogP) is 2.28. The number of H-pyrrole nitrogens is 1. The van der Waals surface area contributed by atoms with E-state index in [-0.39, 0.29) is 19.1 Å². The number of nitrogens with zero attached hydrogens (tertiary/aromatic N) is 2. The van der Waals surface area contributed by atoms with Crippen molar-refractivity contribution in [1.82, 2.24) is 25.2 Å². The molecule has 0 unspecified atom stereocenters. The number of unbranched alkanes of at least 4 members (excludes halogenated alkanes) is 2. The minimum absolute atomic E-state index is 0.283. The Morgan fingerprint density at radius 2 is 2.05 bits per heavy atom. The van der Waals surface area contributed by atoms with E-state index < -0.39 is 29.6 Å². The second-order valence-corrected chi connectivity index (χ2v) is 9.48. The average molecular weight is 531 g/mol. The molecule has 198 valence electrons. The predicted molar refractivity (Wildman–Crippen MR) is 141 cm³/mol. The SMILES string of the molecule is Cc1cn([C@H]2C[C@H](NC(=O)NCCCCCNc3ccnc4cc(Cl)ccc34)[C@@H](CO)O2)c(=O)[nH]c1=O. The highest BCUT2D eigenvalue weighted by molar-refractivity contribution is 6.31. The highest BCUT2D eigenvalue weighted by Crippen LogP contribution is 2.27. The van der Waals surface area contributed by atoms with E-state index in [2.05, 4.69) is 25.9 Å². The van der Waals surface area contributed by atoms with Crippen molar-refractivity contribution in [3.8, 4) is 0 Å². The zero-order valence-electron chi connectivity index (χ0n) is 20.5.